The summed E-state index contributed by atoms with van der Waals surface area (Å²) in [5, 5.41) is 32.6. The fourth-order valence-electron chi connectivity index (χ4n) is 8.24. The molecule has 0 aliphatic carbocycles. The molecule has 3 fully saturated rings. The lowest BCUT2D eigenvalue weighted by atomic mass is 9.94. The Kier molecular flexibility index (Phi) is 16.0. The molecule has 41 heteroatoms. The van der Waals surface area contributed by atoms with Crippen molar-refractivity contribution in [2.45, 2.75) is 74.3 Å². The first-order chi connectivity index (χ1) is 35.0. The SMILES string of the molecule is CN(C)C(=O)C[C@H]1[C@@H](O)[C@H](n2c[n+](C)c3c(=O)[nH]c(N)nc32)O[C@@H]1COP(=O)(O)OP(=O)(O)OP(=O)(O)OCC1O[C@@H](n2cnc3c(N)ncnc32)C[C@@H]1OP(=O)(O)OC[C@H]1O[C@@H](n2ccc(=O)[nH]c2=O)[C@H](O)[C@@H]1O. The zero-order valence-corrected chi connectivity index (χ0v) is 42.4. The van der Waals surface area contributed by atoms with Gasteiger partial charge < -0.3 is 65.5 Å². The number of H-pyrrole nitrogens is 2. The van der Waals surface area contributed by atoms with Crippen LogP contribution in [-0.2, 0) is 71.0 Å². The van der Waals surface area contributed by atoms with Crippen LogP contribution in [0.1, 0.15) is 31.5 Å². The van der Waals surface area contributed by atoms with Gasteiger partial charge in [0.2, 0.25) is 24.4 Å². The van der Waals surface area contributed by atoms with Crippen LogP contribution in [0.3, 0.4) is 0 Å². The summed E-state index contributed by atoms with van der Waals surface area (Å²) < 4.78 is 103. The average molecular weight is 1150 g/mol. The molecule has 0 radical (unpaired) electrons. The second-order valence-electron chi connectivity index (χ2n) is 17.0. The summed E-state index contributed by atoms with van der Waals surface area (Å²) >= 11 is 0. The van der Waals surface area contributed by atoms with E-state index in [9.17, 15) is 72.3 Å². The van der Waals surface area contributed by atoms with Gasteiger partial charge in [-0.15, -0.1) is 0 Å². The Morgan fingerprint density at radius 1 is 0.800 bits per heavy atom. The van der Waals surface area contributed by atoms with Gasteiger partial charge in [0.15, 0.2) is 17.7 Å². The number of carbonyl (C=O) groups excluding carboxylic acids is 1. The average Bonchev–Trinajstić information content (AvgIpc) is 4.11. The van der Waals surface area contributed by atoms with E-state index >= 15 is 0 Å². The highest BCUT2D eigenvalue weighted by atomic mass is 31.3. The highest BCUT2D eigenvalue weighted by molar-refractivity contribution is 7.66. The predicted molar refractivity (Wildman–Crippen MR) is 242 cm³/mol. The second-order valence-corrected chi connectivity index (χ2v) is 23.1. The molecule has 75 heavy (non-hydrogen) atoms. The number of aryl methyl sites for hydroxylation is 1. The standard InChI is InChI=1S/C34H47N13O24P4/c1-43(2)20(49)6-14-16(67-31(24(14)50)47-13-44(3)23-29(47)41-33(36)42-30(23)53)8-64-73(57,58)70-75(61,62)71-74(59,60)65-9-17-15(7-21(66-17)46-12-39-22-27(35)37-11-38-28(22)46)69-72(55,56)63-10-18-25(51)26(52)32(68-18)45-5-4-19(48)40-34(45)54/h4-5,11-18,21,24-26,31-32,50-52H,6-10H2,1-3H3,(H9-,35,36,37,38,40,41,42,48,53,54,55,56,57,58,59,60,61,62)/p+1/t14-,15+,16-,17?,18-,21-,24-,25-,26-,31-,32-/m1/s1. The Balaban J connectivity index is 0.926. The van der Waals surface area contributed by atoms with Gasteiger partial charge in [-0.05, 0) is 0 Å². The molecule has 5 aromatic rings. The van der Waals surface area contributed by atoms with Crippen LogP contribution in [-0.4, -0.2) is 166 Å². The lowest BCUT2D eigenvalue weighted by Crippen LogP contribution is -2.37. The first kappa shape index (κ1) is 56.1. The number of nitrogens with one attached hydrogen (secondary N) is 2. The Morgan fingerprint density at radius 2 is 1.43 bits per heavy atom. The number of nitrogens with two attached hydrogens (primary N) is 2. The van der Waals surface area contributed by atoms with E-state index in [-0.39, 0.29) is 34.1 Å². The zero-order chi connectivity index (χ0) is 54.7. The van der Waals surface area contributed by atoms with E-state index in [0.29, 0.717) is 0 Å². The summed E-state index contributed by atoms with van der Waals surface area (Å²) in [5.41, 5.74) is 9.26. The van der Waals surface area contributed by atoms with Gasteiger partial charge in [0.25, 0.3) is 16.7 Å². The van der Waals surface area contributed by atoms with Gasteiger partial charge in [-0.1, -0.05) is 0 Å². The quantitative estimate of drug-likeness (QED) is 0.0263. The monoisotopic (exact) mass is 1150 g/mol. The summed E-state index contributed by atoms with van der Waals surface area (Å²) in [6.45, 7) is -3.22. The summed E-state index contributed by atoms with van der Waals surface area (Å²) in [4.78, 5) is 113. The number of ether oxygens (including phenoxy) is 3. The number of amides is 1. The molecule has 3 saturated heterocycles. The van der Waals surface area contributed by atoms with E-state index in [4.69, 9.17) is 43.8 Å². The van der Waals surface area contributed by atoms with Gasteiger partial charge in [0, 0.05) is 45.1 Å². The molecule has 3 aliphatic rings. The number of aliphatic hydroxyl groups is 3. The maximum atomic E-state index is 13.4. The van der Waals surface area contributed by atoms with E-state index in [0.717, 1.165) is 23.2 Å². The molecule has 0 saturated carbocycles. The fraction of sp³-hybridized carbons (Fsp3) is 0.559. The van der Waals surface area contributed by atoms with Crippen molar-refractivity contribution >= 4 is 71.3 Å². The van der Waals surface area contributed by atoms with Crippen LogP contribution in [0.4, 0.5) is 11.8 Å². The molecule has 3 aliphatic heterocycles. The van der Waals surface area contributed by atoms with Crippen LogP contribution in [0.2, 0.25) is 0 Å². The number of hydrogen-bond acceptors (Lipinski definition) is 26. The lowest BCUT2D eigenvalue weighted by molar-refractivity contribution is -0.646. The number of imidazole rings is 2. The number of phosphoric acid groups is 4. The van der Waals surface area contributed by atoms with E-state index in [1.54, 1.807) is 0 Å². The number of rotatable bonds is 20. The third kappa shape index (κ3) is 12.4. The minimum atomic E-state index is -6.19. The Morgan fingerprint density at radius 3 is 2.09 bits per heavy atom. The topological polar surface area (TPSA) is 518 Å². The molecule has 0 spiro atoms. The first-order valence-electron chi connectivity index (χ1n) is 21.6. The number of carbonyl (C=O) groups is 1. The second kappa shape index (κ2) is 21.4. The molecule has 8 heterocycles. The van der Waals surface area contributed by atoms with E-state index < -0.39 is 154 Å². The minimum Gasteiger partial charge on any atom is -0.387 e. The minimum absolute atomic E-state index is 0.00503. The molecule has 412 valence electrons. The van der Waals surface area contributed by atoms with Gasteiger partial charge in [0.05, 0.1) is 39.3 Å². The molecule has 1 amide bonds. The molecule has 5 aromatic heterocycles. The molecule has 0 bridgehead atoms. The number of hydrogen-bond donors (Lipinski definition) is 11. The summed E-state index contributed by atoms with van der Waals surface area (Å²) in [5.74, 6) is -2.14. The Labute approximate surface area is 417 Å². The van der Waals surface area contributed by atoms with Gasteiger partial charge in [-0.3, -0.25) is 51.6 Å². The molecule has 37 nitrogen and oxygen atoms in total. The van der Waals surface area contributed by atoms with Gasteiger partial charge >= 0.3 is 42.5 Å². The van der Waals surface area contributed by atoms with E-state index in [1.165, 1.54) is 52.4 Å². The lowest BCUT2D eigenvalue weighted by Gasteiger charge is -2.24. The molecule has 0 aromatic carbocycles. The van der Waals surface area contributed by atoms with Crippen molar-refractivity contribution in [1.82, 2.24) is 48.5 Å². The van der Waals surface area contributed by atoms with Crippen LogP contribution in [0.5, 0.6) is 0 Å². The smallest absolute Gasteiger partial charge is 0.387 e. The number of nitrogens with zero attached hydrogens (tertiary/aromatic N) is 9. The number of nitrogen functional groups attached to an aromatic ring is 2. The predicted octanol–water partition coefficient (Wildman–Crippen LogP) is -3.77. The van der Waals surface area contributed by atoms with Crippen molar-refractivity contribution in [3.63, 3.8) is 0 Å². The summed E-state index contributed by atoms with van der Waals surface area (Å²) in [6.07, 6.45) is -12.4. The van der Waals surface area contributed by atoms with Crippen molar-refractivity contribution < 1.29 is 103 Å². The number of aromatic nitrogens is 10. The molecule has 8 rings (SSSR count). The third-order valence-electron chi connectivity index (χ3n) is 11.7. The maximum Gasteiger partial charge on any atom is 0.490 e. The molecule has 15 atom stereocenters. The Hall–Kier alpha value is -5.07. The zero-order valence-electron chi connectivity index (χ0n) is 38.8. The molecular weight excluding hydrogens is 1100 g/mol. The maximum absolute atomic E-state index is 13.4. The van der Waals surface area contributed by atoms with Crippen LogP contribution in [0.25, 0.3) is 22.3 Å². The van der Waals surface area contributed by atoms with Crippen LogP contribution in [0, 0.1) is 5.92 Å². The van der Waals surface area contributed by atoms with Crippen molar-refractivity contribution in [3.05, 3.63) is 62.4 Å². The number of aliphatic hydroxyl groups excluding tert-OH is 3. The van der Waals surface area contributed by atoms with Gasteiger partial charge in [-0.2, -0.15) is 18.2 Å². The van der Waals surface area contributed by atoms with E-state index in [1.807, 2.05) is 4.98 Å². The van der Waals surface area contributed by atoms with Crippen molar-refractivity contribution in [2.24, 2.45) is 13.0 Å². The van der Waals surface area contributed by atoms with Gasteiger partial charge in [0.1, 0.15) is 54.7 Å². The first-order valence-corrected chi connectivity index (χ1v) is 27.6. The number of fused-ring (bicyclic) bond motifs is 2. The number of phosphoric ester groups is 3. The van der Waals surface area contributed by atoms with Gasteiger partial charge in [-0.25, -0.2) is 42.6 Å². The third-order valence-corrected chi connectivity index (χ3v) is 17.0. The van der Waals surface area contributed by atoms with Crippen molar-refractivity contribution in [3.8, 4) is 0 Å². The Bertz CT molecular complexity index is 3350. The van der Waals surface area contributed by atoms with Crippen LogP contribution >= 0.6 is 31.3 Å². The normalized spacial score (nSPS) is 29.3. The van der Waals surface area contributed by atoms with Crippen LogP contribution < -0.4 is 32.8 Å². The molecular formula is C34H48N13O24P4+. The number of aromatic amines is 2. The summed E-state index contributed by atoms with van der Waals surface area (Å²) in [7, 11) is -19.0. The molecule has 5 unspecified atom stereocenters. The number of anilines is 2. The fourth-order valence-corrected chi connectivity index (χ4v) is 12.7. The van der Waals surface area contributed by atoms with Crippen LogP contribution in [0.15, 0.2) is 45.6 Å². The van der Waals surface area contributed by atoms with Crippen molar-refractivity contribution in [1.29, 1.82) is 0 Å². The molecule has 13 N–H and O–H groups in total. The highest BCUT2D eigenvalue weighted by Gasteiger charge is 2.52. The highest BCUT2D eigenvalue weighted by Crippen LogP contribution is 2.68. The largest absolute Gasteiger partial charge is 0.490 e. The van der Waals surface area contributed by atoms with E-state index in [2.05, 4.69) is 33.5 Å². The van der Waals surface area contributed by atoms with Crippen molar-refractivity contribution in [2.75, 3.05) is 45.4 Å². The summed E-state index contributed by atoms with van der Waals surface area (Å²) in [6, 6.07) is 0.928.